The van der Waals surface area contributed by atoms with Crippen molar-refractivity contribution in [2.24, 2.45) is 0 Å². The molecule has 2 aromatic rings. The van der Waals surface area contributed by atoms with Gasteiger partial charge in [0.25, 0.3) is 0 Å². The molecule has 16 heavy (non-hydrogen) atoms. The average molecular weight is 214 g/mol. The maximum atomic E-state index is 9.50. The fraction of sp³-hybridized carbons (Fsp3) is 0.214. The second-order valence-electron chi connectivity index (χ2n) is 3.94. The number of hydrogen-bond acceptors (Lipinski definition) is 1. The second kappa shape index (κ2) is 4.90. The fourth-order valence-corrected chi connectivity index (χ4v) is 1.86. The van der Waals surface area contributed by atoms with Crippen LogP contribution in [0.15, 0.2) is 54.9 Å². The highest BCUT2D eigenvalue weighted by Crippen LogP contribution is 2.11. The summed E-state index contributed by atoms with van der Waals surface area (Å²) in [6.45, 7) is 2.16. The normalized spacial score (nSPS) is 12.4. The molecule has 2 nitrogen and oxygen atoms in total. The summed E-state index contributed by atoms with van der Waals surface area (Å²) < 4.78 is 2.05. The van der Waals surface area contributed by atoms with Gasteiger partial charge in [-0.15, -0.1) is 0 Å². The van der Waals surface area contributed by atoms with Gasteiger partial charge in [-0.3, -0.25) is 0 Å². The molecule has 1 atom stereocenters. The van der Waals surface area contributed by atoms with Gasteiger partial charge in [0.1, 0.15) is 6.61 Å². The van der Waals surface area contributed by atoms with E-state index < -0.39 is 0 Å². The first-order chi connectivity index (χ1) is 7.81. The molecule has 1 aromatic heterocycles. The van der Waals surface area contributed by atoms with Gasteiger partial charge in [-0.1, -0.05) is 30.3 Å². The van der Waals surface area contributed by atoms with Crippen molar-refractivity contribution in [3.8, 4) is 0 Å². The van der Waals surface area contributed by atoms with Crippen molar-refractivity contribution in [2.75, 3.05) is 6.61 Å². The summed E-state index contributed by atoms with van der Waals surface area (Å²) in [6, 6.07) is 14.1. The number of aliphatic hydroxyl groups is 1. The minimum absolute atomic E-state index is 0.00102. The number of benzene rings is 1. The van der Waals surface area contributed by atoms with Crippen LogP contribution in [-0.4, -0.2) is 11.7 Å². The van der Waals surface area contributed by atoms with Gasteiger partial charge in [-0.25, -0.2) is 0 Å². The first-order valence-corrected chi connectivity index (χ1v) is 5.44. The molecule has 0 saturated heterocycles. The van der Waals surface area contributed by atoms with E-state index in [4.69, 9.17) is 0 Å². The number of aromatic nitrogens is 1. The molecule has 2 heteroatoms. The summed E-state index contributed by atoms with van der Waals surface area (Å²) in [7, 11) is 0. The lowest BCUT2D eigenvalue weighted by molar-refractivity contribution is -0.715. The van der Waals surface area contributed by atoms with Crippen molar-refractivity contribution in [2.45, 2.75) is 13.0 Å². The average Bonchev–Trinajstić information content (AvgIpc) is 2.31. The van der Waals surface area contributed by atoms with Gasteiger partial charge in [0.15, 0.2) is 12.4 Å². The van der Waals surface area contributed by atoms with Crippen molar-refractivity contribution < 1.29 is 9.67 Å². The van der Waals surface area contributed by atoms with Crippen molar-refractivity contribution in [1.29, 1.82) is 0 Å². The van der Waals surface area contributed by atoms with E-state index in [0.29, 0.717) is 0 Å². The van der Waals surface area contributed by atoms with Gasteiger partial charge in [-0.2, -0.15) is 4.57 Å². The van der Waals surface area contributed by atoms with Crippen LogP contribution in [0.2, 0.25) is 0 Å². The Balaban J connectivity index is 2.37. The molecule has 0 unspecified atom stereocenters. The summed E-state index contributed by atoms with van der Waals surface area (Å²) in [5, 5.41) is 9.50. The molecule has 0 radical (unpaired) electrons. The molecular formula is C14H16NO+. The lowest BCUT2D eigenvalue weighted by atomic mass is 10.1. The molecule has 0 amide bonds. The number of rotatable bonds is 3. The van der Waals surface area contributed by atoms with Crippen LogP contribution in [0.25, 0.3) is 0 Å². The van der Waals surface area contributed by atoms with E-state index in [1.807, 2.05) is 53.4 Å². The highest BCUT2D eigenvalue weighted by Gasteiger charge is 2.19. The summed E-state index contributed by atoms with van der Waals surface area (Å²) >= 11 is 0. The van der Waals surface area contributed by atoms with Crippen molar-refractivity contribution in [1.82, 2.24) is 0 Å². The van der Waals surface area contributed by atoms with E-state index in [9.17, 15) is 5.11 Å². The first kappa shape index (κ1) is 10.8. The predicted octanol–water partition coefficient (Wildman–Crippen LogP) is 1.86. The van der Waals surface area contributed by atoms with E-state index >= 15 is 0 Å². The molecule has 2 rings (SSSR count). The molecule has 82 valence electrons. The summed E-state index contributed by atoms with van der Waals surface area (Å²) in [4.78, 5) is 0. The Bertz CT molecular complexity index is 453. The van der Waals surface area contributed by atoms with Gasteiger partial charge in [0.05, 0.1) is 0 Å². The van der Waals surface area contributed by atoms with E-state index in [0.717, 1.165) is 5.56 Å². The molecule has 0 saturated carbocycles. The lowest BCUT2D eigenvalue weighted by Crippen LogP contribution is -2.41. The Morgan fingerprint density at radius 3 is 2.50 bits per heavy atom. The van der Waals surface area contributed by atoms with Gasteiger partial charge in [0.2, 0.25) is 6.04 Å². The number of pyridine rings is 1. The third-order valence-electron chi connectivity index (χ3n) is 2.69. The van der Waals surface area contributed by atoms with E-state index in [-0.39, 0.29) is 12.6 Å². The summed E-state index contributed by atoms with van der Waals surface area (Å²) in [5.41, 5.74) is 2.32. The first-order valence-electron chi connectivity index (χ1n) is 5.44. The fourth-order valence-electron chi connectivity index (χ4n) is 1.86. The topological polar surface area (TPSA) is 24.1 Å². The Morgan fingerprint density at radius 1 is 1.12 bits per heavy atom. The van der Waals surface area contributed by atoms with Crippen LogP contribution in [0.4, 0.5) is 0 Å². The zero-order valence-electron chi connectivity index (χ0n) is 9.38. The van der Waals surface area contributed by atoms with Gasteiger partial charge in [0, 0.05) is 17.2 Å². The predicted molar refractivity (Wildman–Crippen MR) is 63.0 cm³/mol. The number of nitrogens with zero attached hydrogens (tertiary/aromatic N) is 1. The minimum atomic E-state index is 0.00102. The van der Waals surface area contributed by atoms with Crippen LogP contribution in [0.5, 0.6) is 0 Å². The third-order valence-corrected chi connectivity index (χ3v) is 2.69. The summed E-state index contributed by atoms with van der Waals surface area (Å²) in [5.74, 6) is 0. The molecule has 0 aliphatic carbocycles. The maximum Gasteiger partial charge on any atom is 0.206 e. The van der Waals surface area contributed by atoms with E-state index in [1.54, 1.807) is 0 Å². The molecule has 1 N–H and O–H groups in total. The maximum absolute atomic E-state index is 9.50. The van der Waals surface area contributed by atoms with Crippen LogP contribution < -0.4 is 4.57 Å². The highest BCUT2D eigenvalue weighted by atomic mass is 16.3. The zero-order valence-corrected chi connectivity index (χ0v) is 9.38. The standard InChI is InChI=1S/C14H16NO/c1-12-6-5-9-15(10-12)14(11-16)13-7-3-2-4-8-13/h2-10,14,16H,11H2,1H3/q+1/t14-/m0/s1. The Labute approximate surface area is 95.8 Å². The lowest BCUT2D eigenvalue weighted by Gasteiger charge is -2.10. The van der Waals surface area contributed by atoms with Crippen molar-refractivity contribution in [3.63, 3.8) is 0 Å². The van der Waals surface area contributed by atoms with Crippen LogP contribution in [-0.2, 0) is 0 Å². The number of hydrogen-bond donors (Lipinski definition) is 1. The monoisotopic (exact) mass is 214 g/mol. The molecule has 0 bridgehead atoms. The smallest absolute Gasteiger partial charge is 0.206 e. The Kier molecular flexibility index (Phi) is 3.32. The SMILES string of the molecule is Cc1ccc[n+]([C@@H](CO)c2ccccc2)c1. The highest BCUT2D eigenvalue weighted by molar-refractivity contribution is 5.17. The minimum Gasteiger partial charge on any atom is -0.389 e. The largest absolute Gasteiger partial charge is 0.389 e. The molecule has 0 aliphatic rings. The van der Waals surface area contributed by atoms with Crippen molar-refractivity contribution in [3.05, 3.63) is 66.0 Å². The van der Waals surface area contributed by atoms with Gasteiger partial charge < -0.3 is 5.11 Å². The molecule has 1 heterocycles. The van der Waals surface area contributed by atoms with Crippen LogP contribution >= 0.6 is 0 Å². The zero-order chi connectivity index (χ0) is 11.4. The van der Waals surface area contributed by atoms with E-state index in [2.05, 4.69) is 13.0 Å². The molecule has 1 aromatic carbocycles. The second-order valence-corrected chi connectivity index (χ2v) is 3.94. The number of aryl methyl sites for hydroxylation is 1. The number of aliphatic hydroxyl groups excluding tert-OH is 1. The third kappa shape index (κ3) is 2.28. The molecule has 0 fully saturated rings. The quantitative estimate of drug-likeness (QED) is 0.775. The summed E-state index contributed by atoms with van der Waals surface area (Å²) in [6.07, 6.45) is 4.04. The van der Waals surface area contributed by atoms with Crippen LogP contribution in [0.1, 0.15) is 17.2 Å². The van der Waals surface area contributed by atoms with Crippen molar-refractivity contribution >= 4 is 0 Å². The van der Waals surface area contributed by atoms with Crippen LogP contribution in [0.3, 0.4) is 0 Å². The van der Waals surface area contributed by atoms with Gasteiger partial charge >= 0.3 is 0 Å². The van der Waals surface area contributed by atoms with Gasteiger partial charge in [-0.05, 0) is 13.0 Å². The molecule has 0 spiro atoms. The Hall–Kier alpha value is -1.67. The molecular weight excluding hydrogens is 198 g/mol. The molecule has 0 aliphatic heterocycles. The van der Waals surface area contributed by atoms with E-state index in [1.165, 1.54) is 5.56 Å². The Morgan fingerprint density at radius 2 is 1.88 bits per heavy atom. The van der Waals surface area contributed by atoms with Crippen LogP contribution in [0, 0.1) is 6.92 Å².